The molecule has 0 bridgehead atoms. The summed E-state index contributed by atoms with van der Waals surface area (Å²) in [5, 5.41) is 5.74. The highest BCUT2D eigenvalue weighted by Crippen LogP contribution is 2.38. The van der Waals surface area contributed by atoms with Crippen LogP contribution in [0.2, 0.25) is 0 Å². The summed E-state index contributed by atoms with van der Waals surface area (Å²) >= 11 is 3.41. The molecule has 0 saturated heterocycles. The number of anilines is 1. The van der Waals surface area contributed by atoms with Crippen molar-refractivity contribution >= 4 is 34.7 Å². The molecule has 1 aromatic heterocycles. The molecule has 2 aromatic rings. The van der Waals surface area contributed by atoms with Crippen LogP contribution in [-0.2, 0) is 0 Å². The van der Waals surface area contributed by atoms with Crippen molar-refractivity contribution in [1.29, 1.82) is 0 Å². The van der Waals surface area contributed by atoms with Gasteiger partial charge in [-0.3, -0.25) is 4.79 Å². The van der Waals surface area contributed by atoms with Crippen LogP contribution in [0.15, 0.2) is 40.6 Å². The molecule has 0 unspecified atom stereocenters. The van der Waals surface area contributed by atoms with E-state index in [1.54, 1.807) is 0 Å². The number of rotatable bonds is 4. The Morgan fingerprint density at radius 2 is 2.00 bits per heavy atom. The summed E-state index contributed by atoms with van der Waals surface area (Å²) in [5.74, 6) is 0.00183. The molecule has 1 N–H and O–H groups in total. The molecule has 1 heterocycles. The molecule has 0 spiro atoms. The van der Waals surface area contributed by atoms with Gasteiger partial charge < -0.3 is 5.32 Å². The van der Waals surface area contributed by atoms with Gasteiger partial charge in [0.1, 0.15) is 0 Å². The van der Waals surface area contributed by atoms with Gasteiger partial charge in [-0.05, 0) is 48.9 Å². The van der Waals surface area contributed by atoms with E-state index in [2.05, 4.69) is 11.4 Å². The SMILES string of the molecule is Cc1ccsc1C(=O)Nc1ccccc1SC1CCCC1. The number of para-hydroxylation sites is 1. The van der Waals surface area contributed by atoms with Gasteiger partial charge in [0.25, 0.3) is 5.91 Å². The van der Waals surface area contributed by atoms with E-state index in [1.165, 1.54) is 41.9 Å². The lowest BCUT2D eigenvalue weighted by molar-refractivity contribution is 0.103. The van der Waals surface area contributed by atoms with Gasteiger partial charge in [-0.2, -0.15) is 0 Å². The van der Waals surface area contributed by atoms with Crippen molar-refractivity contribution in [1.82, 2.24) is 0 Å². The summed E-state index contributed by atoms with van der Waals surface area (Å²) in [6.07, 6.45) is 5.25. The van der Waals surface area contributed by atoms with Crippen molar-refractivity contribution in [2.75, 3.05) is 5.32 Å². The van der Waals surface area contributed by atoms with E-state index in [4.69, 9.17) is 0 Å². The van der Waals surface area contributed by atoms with Gasteiger partial charge >= 0.3 is 0 Å². The average Bonchev–Trinajstić information content (AvgIpc) is 3.12. The third-order valence-corrected chi connectivity index (χ3v) is 6.23. The van der Waals surface area contributed by atoms with Gasteiger partial charge in [-0.15, -0.1) is 23.1 Å². The smallest absolute Gasteiger partial charge is 0.266 e. The minimum Gasteiger partial charge on any atom is -0.320 e. The van der Waals surface area contributed by atoms with E-state index in [1.807, 2.05) is 48.3 Å². The molecule has 3 rings (SSSR count). The highest BCUT2D eigenvalue weighted by atomic mass is 32.2. The van der Waals surface area contributed by atoms with E-state index in [9.17, 15) is 4.79 Å². The third-order valence-electron chi connectivity index (χ3n) is 3.80. The second-order valence-electron chi connectivity index (χ2n) is 5.41. The molecular formula is C17H19NOS2. The monoisotopic (exact) mass is 317 g/mol. The second kappa shape index (κ2) is 6.67. The van der Waals surface area contributed by atoms with Crippen molar-refractivity contribution in [2.24, 2.45) is 0 Å². The van der Waals surface area contributed by atoms with Crippen LogP contribution in [0, 0.1) is 6.92 Å². The maximum Gasteiger partial charge on any atom is 0.266 e. The summed E-state index contributed by atoms with van der Waals surface area (Å²) < 4.78 is 0. The molecule has 2 nitrogen and oxygen atoms in total. The number of amides is 1. The lowest BCUT2D eigenvalue weighted by Gasteiger charge is -2.14. The summed E-state index contributed by atoms with van der Waals surface area (Å²) in [6, 6.07) is 10.1. The quantitative estimate of drug-likeness (QED) is 0.824. The maximum atomic E-state index is 12.4. The number of thiophene rings is 1. The number of thioether (sulfide) groups is 1. The number of hydrogen-bond acceptors (Lipinski definition) is 3. The zero-order valence-corrected chi connectivity index (χ0v) is 13.7. The Morgan fingerprint density at radius 3 is 2.71 bits per heavy atom. The van der Waals surface area contributed by atoms with Gasteiger partial charge in [0.15, 0.2) is 0 Å². The molecule has 4 heteroatoms. The van der Waals surface area contributed by atoms with Crippen molar-refractivity contribution in [3.63, 3.8) is 0 Å². The molecule has 1 aromatic carbocycles. The molecule has 1 saturated carbocycles. The molecule has 1 aliphatic rings. The average molecular weight is 317 g/mol. The van der Waals surface area contributed by atoms with Crippen LogP contribution in [0.4, 0.5) is 5.69 Å². The Labute approximate surface area is 134 Å². The van der Waals surface area contributed by atoms with E-state index < -0.39 is 0 Å². The minimum absolute atomic E-state index is 0.00183. The van der Waals surface area contributed by atoms with Gasteiger partial charge in [0.2, 0.25) is 0 Å². The third kappa shape index (κ3) is 3.50. The van der Waals surface area contributed by atoms with E-state index in [0.29, 0.717) is 5.25 Å². The Hall–Kier alpha value is -1.26. The predicted molar refractivity (Wildman–Crippen MR) is 91.6 cm³/mol. The first-order valence-electron chi connectivity index (χ1n) is 7.35. The van der Waals surface area contributed by atoms with Crippen molar-refractivity contribution in [3.05, 3.63) is 46.2 Å². The topological polar surface area (TPSA) is 29.1 Å². The second-order valence-corrected chi connectivity index (χ2v) is 7.67. The lowest BCUT2D eigenvalue weighted by atomic mass is 10.2. The van der Waals surface area contributed by atoms with Crippen LogP contribution >= 0.6 is 23.1 Å². The molecule has 1 amide bonds. The largest absolute Gasteiger partial charge is 0.320 e. The Balaban J connectivity index is 1.75. The zero-order chi connectivity index (χ0) is 14.7. The van der Waals surface area contributed by atoms with Crippen LogP contribution in [-0.4, -0.2) is 11.2 Å². The number of aryl methyl sites for hydroxylation is 1. The number of carbonyl (C=O) groups excluding carboxylic acids is 1. The minimum atomic E-state index is 0.00183. The van der Waals surface area contributed by atoms with Gasteiger partial charge in [0.05, 0.1) is 10.6 Å². The van der Waals surface area contributed by atoms with Crippen LogP contribution in [0.25, 0.3) is 0 Å². The standard InChI is InChI=1S/C17H19NOS2/c1-12-10-11-20-16(12)17(19)18-14-8-4-5-9-15(14)21-13-6-2-3-7-13/h4-5,8-11,13H,2-3,6-7H2,1H3,(H,18,19). The summed E-state index contributed by atoms with van der Waals surface area (Å²) in [5.41, 5.74) is 1.98. The first-order valence-corrected chi connectivity index (χ1v) is 9.11. The van der Waals surface area contributed by atoms with E-state index in [0.717, 1.165) is 16.1 Å². The highest BCUT2D eigenvalue weighted by Gasteiger charge is 2.18. The normalized spacial score (nSPS) is 15.3. The zero-order valence-electron chi connectivity index (χ0n) is 12.1. The first kappa shape index (κ1) is 14.7. The maximum absolute atomic E-state index is 12.4. The lowest BCUT2D eigenvalue weighted by Crippen LogP contribution is -2.12. The molecule has 1 aliphatic carbocycles. The Kier molecular flexibility index (Phi) is 4.66. The van der Waals surface area contributed by atoms with Crippen LogP contribution < -0.4 is 5.32 Å². The van der Waals surface area contributed by atoms with Gasteiger partial charge in [-0.1, -0.05) is 25.0 Å². The molecule has 0 aliphatic heterocycles. The van der Waals surface area contributed by atoms with Crippen LogP contribution in [0.1, 0.15) is 40.9 Å². The van der Waals surface area contributed by atoms with E-state index in [-0.39, 0.29) is 5.91 Å². The summed E-state index contributed by atoms with van der Waals surface area (Å²) in [6.45, 7) is 1.98. The van der Waals surface area contributed by atoms with Crippen LogP contribution in [0.3, 0.4) is 0 Å². The fourth-order valence-electron chi connectivity index (χ4n) is 2.64. The van der Waals surface area contributed by atoms with Crippen molar-refractivity contribution in [3.8, 4) is 0 Å². The predicted octanol–water partition coefficient (Wildman–Crippen LogP) is 5.34. The Bertz CT molecular complexity index is 629. The highest BCUT2D eigenvalue weighted by molar-refractivity contribution is 8.00. The molecule has 1 fully saturated rings. The van der Waals surface area contributed by atoms with Crippen molar-refractivity contribution in [2.45, 2.75) is 42.8 Å². The molecule has 21 heavy (non-hydrogen) atoms. The molecule has 0 atom stereocenters. The fourth-order valence-corrected chi connectivity index (χ4v) is 4.79. The summed E-state index contributed by atoms with van der Waals surface area (Å²) in [4.78, 5) is 14.4. The molecule has 110 valence electrons. The first-order chi connectivity index (χ1) is 10.2. The molecule has 0 radical (unpaired) electrons. The number of nitrogens with one attached hydrogen (secondary N) is 1. The number of hydrogen-bond donors (Lipinski definition) is 1. The summed E-state index contributed by atoms with van der Waals surface area (Å²) in [7, 11) is 0. The van der Waals surface area contributed by atoms with Crippen molar-refractivity contribution < 1.29 is 4.79 Å². The van der Waals surface area contributed by atoms with Gasteiger partial charge in [0, 0.05) is 10.1 Å². The fraction of sp³-hybridized carbons (Fsp3) is 0.353. The number of carbonyl (C=O) groups is 1. The van der Waals surface area contributed by atoms with Crippen LogP contribution in [0.5, 0.6) is 0 Å². The van der Waals surface area contributed by atoms with E-state index >= 15 is 0 Å². The number of benzene rings is 1. The van der Waals surface area contributed by atoms with Gasteiger partial charge in [-0.25, -0.2) is 0 Å². The Morgan fingerprint density at radius 1 is 1.24 bits per heavy atom. The molecular weight excluding hydrogens is 298 g/mol.